The van der Waals surface area contributed by atoms with E-state index in [1.165, 1.54) is 0 Å². The summed E-state index contributed by atoms with van der Waals surface area (Å²) < 4.78 is 5.27. The molecule has 0 spiro atoms. The molecule has 1 aromatic carbocycles. The molecule has 86 valence electrons. The maximum Gasteiger partial charge on any atom is 0.257 e. The highest BCUT2D eigenvalue weighted by molar-refractivity contribution is 7.80. The molecule has 0 unspecified atom stereocenters. The second kappa shape index (κ2) is 6.07. The molecule has 0 saturated heterocycles. The maximum atomic E-state index is 11.6. The first-order chi connectivity index (χ1) is 7.67. The number of carbonyl (C=O) groups is 1. The van der Waals surface area contributed by atoms with Crippen molar-refractivity contribution < 1.29 is 9.53 Å². The van der Waals surface area contributed by atoms with Crippen LogP contribution in [0, 0.1) is 0 Å². The molecule has 0 aliphatic rings. The molecule has 1 aromatic rings. The topological polar surface area (TPSA) is 50.4 Å². The van der Waals surface area contributed by atoms with Gasteiger partial charge in [0.05, 0.1) is 6.61 Å². The standard InChI is InChI=1S/C11H14N2O2S/c1-3-15-9-6-4-8(5-7-9)10(14)13-11(16)12-2/h4-7H,3H2,1-2H3,(H2,12,13,14,16). The number of nitrogens with one attached hydrogen (secondary N) is 2. The quantitative estimate of drug-likeness (QED) is 0.780. The van der Waals surface area contributed by atoms with Crippen LogP contribution in [0.1, 0.15) is 17.3 Å². The van der Waals surface area contributed by atoms with Gasteiger partial charge in [-0.15, -0.1) is 0 Å². The first-order valence-electron chi connectivity index (χ1n) is 4.93. The predicted molar refractivity (Wildman–Crippen MR) is 66.7 cm³/mol. The van der Waals surface area contributed by atoms with Crippen LogP contribution < -0.4 is 15.4 Å². The fourth-order valence-electron chi connectivity index (χ4n) is 1.11. The van der Waals surface area contributed by atoms with Crippen molar-refractivity contribution >= 4 is 23.2 Å². The maximum absolute atomic E-state index is 11.6. The summed E-state index contributed by atoms with van der Waals surface area (Å²) in [5.74, 6) is 0.512. The van der Waals surface area contributed by atoms with Crippen molar-refractivity contribution in [2.45, 2.75) is 6.92 Å². The molecule has 0 atom stereocenters. The minimum Gasteiger partial charge on any atom is -0.494 e. The Kier molecular flexibility index (Phi) is 4.72. The summed E-state index contributed by atoms with van der Waals surface area (Å²) in [5, 5.41) is 5.51. The fraction of sp³-hybridized carbons (Fsp3) is 0.273. The van der Waals surface area contributed by atoms with E-state index in [9.17, 15) is 4.79 Å². The van der Waals surface area contributed by atoms with E-state index in [2.05, 4.69) is 10.6 Å². The number of carbonyl (C=O) groups excluding carboxylic acids is 1. The van der Waals surface area contributed by atoms with Gasteiger partial charge in [0.25, 0.3) is 5.91 Å². The average molecular weight is 238 g/mol. The molecular formula is C11H14N2O2S. The van der Waals surface area contributed by atoms with Gasteiger partial charge in [-0.2, -0.15) is 0 Å². The lowest BCUT2D eigenvalue weighted by atomic mass is 10.2. The van der Waals surface area contributed by atoms with Crippen LogP contribution in [0.4, 0.5) is 0 Å². The number of hydrogen-bond donors (Lipinski definition) is 2. The van der Waals surface area contributed by atoms with Crippen LogP contribution in [0.2, 0.25) is 0 Å². The van der Waals surface area contributed by atoms with Gasteiger partial charge in [-0.3, -0.25) is 10.1 Å². The Bertz CT molecular complexity index is 376. The molecule has 1 rings (SSSR count). The van der Waals surface area contributed by atoms with E-state index >= 15 is 0 Å². The molecule has 5 heteroatoms. The average Bonchev–Trinajstić information content (AvgIpc) is 2.30. The van der Waals surface area contributed by atoms with Crippen LogP contribution in [-0.4, -0.2) is 24.7 Å². The molecule has 0 aliphatic carbocycles. The molecule has 1 amide bonds. The predicted octanol–water partition coefficient (Wildman–Crippen LogP) is 1.32. The Morgan fingerprint density at radius 1 is 1.38 bits per heavy atom. The van der Waals surface area contributed by atoms with Gasteiger partial charge in [-0.05, 0) is 43.4 Å². The molecule has 0 aromatic heterocycles. The van der Waals surface area contributed by atoms with Crippen LogP contribution in [0.15, 0.2) is 24.3 Å². The smallest absolute Gasteiger partial charge is 0.257 e. The summed E-state index contributed by atoms with van der Waals surface area (Å²) in [6, 6.07) is 6.89. The van der Waals surface area contributed by atoms with Gasteiger partial charge >= 0.3 is 0 Å². The minimum absolute atomic E-state index is 0.234. The zero-order chi connectivity index (χ0) is 12.0. The van der Waals surface area contributed by atoms with Gasteiger partial charge in [0.15, 0.2) is 5.11 Å². The Morgan fingerprint density at radius 3 is 2.50 bits per heavy atom. The molecule has 16 heavy (non-hydrogen) atoms. The Morgan fingerprint density at radius 2 is 2.00 bits per heavy atom. The van der Waals surface area contributed by atoms with Crippen LogP contribution in [0.5, 0.6) is 5.75 Å². The molecule has 0 radical (unpaired) electrons. The monoisotopic (exact) mass is 238 g/mol. The summed E-state index contributed by atoms with van der Waals surface area (Å²) in [7, 11) is 1.65. The van der Waals surface area contributed by atoms with E-state index in [1.54, 1.807) is 31.3 Å². The van der Waals surface area contributed by atoms with Gasteiger partial charge in [-0.1, -0.05) is 0 Å². The lowest BCUT2D eigenvalue weighted by molar-refractivity contribution is 0.0977. The van der Waals surface area contributed by atoms with E-state index in [0.717, 1.165) is 5.75 Å². The summed E-state index contributed by atoms with van der Waals surface area (Å²) in [6.45, 7) is 2.52. The first-order valence-corrected chi connectivity index (χ1v) is 5.34. The first kappa shape index (κ1) is 12.4. The number of rotatable bonds is 3. The van der Waals surface area contributed by atoms with E-state index in [1.807, 2.05) is 6.92 Å². The minimum atomic E-state index is -0.234. The molecule has 2 N–H and O–H groups in total. The van der Waals surface area contributed by atoms with E-state index in [0.29, 0.717) is 17.3 Å². The van der Waals surface area contributed by atoms with Gasteiger partial charge in [-0.25, -0.2) is 0 Å². The highest BCUT2D eigenvalue weighted by Crippen LogP contribution is 2.11. The van der Waals surface area contributed by atoms with E-state index < -0.39 is 0 Å². The van der Waals surface area contributed by atoms with Crippen molar-refractivity contribution in [1.29, 1.82) is 0 Å². The third-order valence-electron chi connectivity index (χ3n) is 1.88. The fourth-order valence-corrected chi connectivity index (χ4v) is 1.20. The largest absolute Gasteiger partial charge is 0.494 e. The van der Waals surface area contributed by atoms with Gasteiger partial charge in [0.2, 0.25) is 0 Å². The zero-order valence-electron chi connectivity index (χ0n) is 9.24. The molecule has 0 aliphatic heterocycles. The lowest BCUT2D eigenvalue weighted by Crippen LogP contribution is -2.37. The summed E-state index contributed by atoms with van der Waals surface area (Å²) in [4.78, 5) is 11.6. The number of ether oxygens (including phenoxy) is 1. The number of thiocarbonyl (C=S) groups is 1. The Hall–Kier alpha value is -1.62. The summed E-state index contributed by atoms with van der Waals surface area (Å²) in [5.41, 5.74) is 0.543. The van der Waals surface area contributed by atoms with Crippen LogP contribution >= 0.6 is 12.2 Å². The Labute approximate surface area is 100.0 Å². The van der Waals surface area contributed by atoms with Crippen molar-refractivity contribution in [2.75, 3.05) is 13.7 Å². The molecule has 4 nitrogen and oxygen atoms in total. The van der Waals surface area contributed by atoms with Crippen LogP contribution in [0.25, 0.3) is 0 Å². The summed E-state index contributed by atoms with van der Waals surface area (Å²) >= 11 is 4.83. The van der Waals surface area contributed by atoms with Crippen molar-refractivity contribution in [2.24, 2.45) is 0 Å². The van der Waals surface area contributed by atoms with Crippen molar-refractivity contribution in [3.05, 3.63) is 29.8 Å². The second-order valence-corrected chi connectivity index (χ2v) is 3.40. The highest BCUT2D eigenvalue weighted by atomic mass is 32.1. The third kappa shape index (κ3) is 3.51. The second-order valence-electron chi connectivity index (χ2n) is 2.99. The van der Waals surface area contributed by atoms with Crippen molar-refractivity contribution in [1.82, 2.24) is 10.6 Å². The molecule has 0 fully saturated rings. The van der Waals surface area contributed by atoms with Crippen LogP contribution in [0.3, 0.4) is 0 Å². The molecule has 0 bridgehead atoms. The van der Waals surface area contributed by atoms with Gasteiger partial charge in [0.1, 0.15) is 5.75 Å². The SMILES string of the molecule is CCOc1ccc(C(=O)NC(=S)NC)cc1. The lowest BCUT2D eigenvalue weighted by Gasteiger charge is -2.06. The number of amides is 1. The molecular weight excluding hydrogens is 224 g/mol. The van der Waals surface area contributed by atoms with Gasteiger partial charge in [0, 0.05) is 12.6 Å². The summed E-state index contributed by atoms with van der Waals surface area (Å²) in [6.07, 6.45) is 0. The molecule has 0 heterocycles. The molecule has 0 saturated carbocycles. The number of benzene rings is 1. The Balaban J connectivity index is 2.66. The number of hydrogen-bond acceptors (Lipinski definition) is 3. The third-order valence-corrected chi connectivity index (χ3v) is 2.19. The zero-order valence-corrected chi connectivity index (χ0v) is 10.1. The van der Waals surface area contributed by atoms with E-state index in [4.69, 9.17) is 17.0 Å². The van der Waals surface area contributed by atoms with E-state index in [-0.39, 0.29) is 5.91 Å². The van der Waals surface area contributed by atoms with Gasteiger partial charge < -0.3 is 10.1 Å². The van der Waals surface area contributed by atoms with Crippen molar-refractivity contribution in [3.63, 3.8) is 0 Å². The highest BCUT2D eigenvalue weighted by Gasteiger charge is 2.06. The normalized spacial score (nSPS) is 9.38. The van der Waals surface area contributed by atoms with Crippen molar-refractivity contribution in [3.8, 4) is 5.75 Å². The van der Waals surface area contributed by atoms with Crippen LogP contribution in [-0.2, 0) is 0 Å².